The van der Waals surface area contributed by atoms with Crippen LogP contribution in [-0.2, 0) is 11.2 Å². The largest absolute Gasteiger partial charge is 0.356 e. The van der Waals surface area contributed by atoms with Crippen molar-refractivity contribution in [3.63, 3.8) is 0 Å². The number of carbonyl (C=O) groups excluding carboxylic acids is 1. The first-order chi connectivity index (χ1) is 10.2. The molecule has 2 fully saturated rings. The molecule has 1 unspecified atom stereocenters. The van der Waals surface area contributed by atoms with Gasteiger partial charge in [0.25, 0.3) is 0 Å². The molecule has 2 saturated carbocycles. The Morgan fingerprint density at radius 3 is 2.95 bits per heavy atom. The highest BCUT2D eigenvalue weighted by Crippen LogP contribution is 2.75. The summed E-state index contributed by atoms with van der Waals surface area (Å²) in [5.41, 5.74) is 3.25. The van der Waals surface area contributed by atoms with Crippen LogP contribution in [0.15, 0.2) is 18.2 Å². The van der Waals surface area contributed by atoms with E-state index in [2.05, 4.69) is 10.3 Å². The topological polar surface area (TPSA) is 44.9 Å². The molecule has 3 aliphatic carbocycles. The molecule has 0 saturated heterocycles. The molecule has 0 spiro atoms. The number of carbonyl (C=O) groups is 1. The van der Waals surface area contributed by atoms with E-state index in [1.807, 2.05) is 0 Å². The smallest absolute Gasteiger partial charge is 0.227 e. The third-order valence-electron chi connectivity index (χ3n) is 5.61. The van der Waals surface area contributed by atoms with Crippen molar-refractivity contribution in [2.24, 2.45) is 11.3 Å². The molecule has 5 rings (SSSR count). The van der Waals surface area contributed by atoms with E-state index in [9.17, 15) is 9.18 Å². The molecule has 1 aromatic carbocycles. The highest BCUT2D eigenvalue weighted by Gasteiger charge is 2.74. The maximum Gasteiger partial charge on any atom is 0.227 e. The number of aromatic nitrogens is 1. The summed E-state index contributed by atoms with van der Waals surface area (Å²) in [4.78, 5) is 15.7. The van der Waals surface area contributed by atoms with Gasteiger partial charge in [0.2, 0.25) is 5.91 Å². The van der Waals surface area contributed by atoms with Crippen LogP contribution in [0.1, 0.15) is 43.0 Å². The number of rotatable bonds is 2. The summed E-state index contributed by atoms with van der Waals surface area (Å²) in [6.07, 6.45) is 5.12. The molecule has 1 atom stereocenters. The molecule has 0 bridgehead atoms. The van der Waals surface area contributed by atoms with Gasteiger partial charge in [-0.15, -0.1) is 0 Å². The van der Waals surface area contributed by atoms with Gasteiger partial charge in [0.1, 0.15) is 5.82 Å². The molecule has 3 aliphatic rings. The van der Waals surface area contributed by atoms with Crippen LogP contribution in [0.3, 0.4) is 0 Å². The predicted octanol–water partition coefficient (Wildman–Crippen LogP) is 3.21. The summed E-state index contributed by atoms with van der Waals surface area (Å²) in [6, 6.07) is 4.94. The Balaban J connectivity index is 1.52. The first-order valence-electron chi connectivity index (χ1n) is 7.78. The summed E-state index contributed by atoms with van der Waals surface area (Å²) >= 11 is 0. The summed E-state index contributed by atoms with van der Waals surface area (Å²) < 4.78 is 13.5. The van der Waals surface area contributed by atoms with Gasteiger partial charge in [-0.2, -0.15) is 0 Å². The van der Waals surface area contributed by atoms with Crippen LogP contribution in [0.5, 0.6) is 0 Å². The number of halogens is 1. The van der Waals surface area contributed by atoms with Crippen molar-refractivity contribution in [1.82, 2.24) is 10.3 Å². The predicted molar refractivity (Wildman–Crippen MR) is 77.2 cm³/mol. The van der Waals surface area contributed by atoms with Crippen LogP contribution in [0, 0.1) is 17.2 Å². The number of hydrogen-bond acceptors (Lipinski definition) is 1. The van der Waals surface area contributed by atoms with Gasteiger partial charge < -0.3 is 10.3 Å². The average molecular weight is 284 g/mol. The lowest BCUT2D eigenvalue weighted by Crippen LogP contribution is -2.34. The molecule has 1 heterocycles. The number of hydrogen-bond donors (Lipinski definition) is 2. The third-order valence-corrected chi connectivity index (χ3v) is 5.61. The van der Waals surface area contributed by atoms with E-state index in [0.717, 1.165) is 48.7 Å². The average Bonchev–Trinajstić information content (AvgIpc) is 3.29. The maximum absolute atomic E-state index is 13.5. The van der Waals surface area contributed by atoms with E-state index < -0.39 is 0 Å². The molecule has 3 nitrogen and oxygen atoms in total. The van der Waals surface area contributed by atoms with E-state index in [1.165, 1.54) is 11.6 Å². The van der Waals surface area contributed by atoms with Crippen molar-refractivity contribution < 1.29 is 9.18 Å². The van der Waals surface area contributed by atoms with Crippen molar-refractivity contribution >= 4 is 16.8 Å². The second kappa shape index (κ2) is 3.67. The molecule has 108 valence electrons. The molecule has 2 N–H and O–H groups in total. The minimum atomic E-state index is -0.201. The Morgan fingerprint density at radius 1 is 1.38 bits per heavy atom. The van der Waals surface area contributed by atoms with Crippen LogP contribution >= 0.6 is 0 Å². The van der Waals surface area contributed by atoms with E-state index in [-0.39, 0.29) is 23.2 Å². The first-order valence-corrected chi connectivity index (χ1v) is 7.78. The van der Waals surface area contributed by atoms with Crippen LogP contribution in [0.25, 0.3) is 10.9 Å². The summed E-state index contributed by atoms with van der Waals surface area (Å²) in [7, 11) is 0. The Bertz CT molecular complexity index is 772. The maximum atomic E-state index is 13.5. The van der Waals surface area contributed by atoms with Crippen molar-refractivity contribution in [3.8, 4) is 0 Å². The van der Waals surface area contributed by atoms with Gasteiger partial charge in [-0.05, 0) is 61.8 Å². The van der Waals surface area contributed by atoms with Crippen molar-refractivity contribution in [3.05, 3.63) is 35.3 Å². The zero-order valence-corrected chi connectivity index (χ0v) is 11.7. The molecule has 1 amide bonds. The molecule has 2 aromatic rings. The second-order valence-electron chi connectivity index (χ2n) is 6.89. The number of H-pyrrole nitrogens is 1. The lowest BCUT2D eigenvalue weighted by Gasteiger charge is -2.24. The molecule has 21 heavy (non-hydrogen) atoms. The van der Waals surface area contributed by atoms with Gasteiger partial charge in [0, 0.05) is 16.6 Å². The van der Waals surface area contributed by atoms with Crippen LogP contribution in [0.4, 0.5) is 4.39 Å². The van der Waals surface area contributed by atoms with E-state index >= 15 is 0 Å². The van der Waals surface area contributed by atoms with Crippen LogP contribution < -0.4 is 5.32 Å². The normalized spacial score (nSPS) is 32.4. The fourth-order valence-electron chi connectivity index (χ4n) is 3.95. The highest BCUT2D eigenvalue weighted by atomic mass is 19.1. The minimum Gasteiger partial charge on any atom is -0.356 e. The molecular weight excluding hydrogens is 267 g/mol. The fraction of sp³-hybridized carbons (Fsp3) is 0.471. The van der Waals surface area contributed by atoms with Gasteiger partial charge in [0.15, 0.2) is 0 Å². The standard InChI is InChI=1S/C17H17FN2O/c18-10-4-5-13-12(6-10)11-2-1-3-14(15(11)19-13)20-16(21)17-7-9(17)8-17/h4-6,9,14,19H,1-3,7-8H2,(H,20,21). The van der Waals surface area contributed by atoms with Gasteiger partial charge in [-0.3, -0.25) is 4.79 Å². The number of benzene rings is 1. The fourth-order valence-corrected chi connectivity index (χ4v) is 3.95. The number of nitrogens with one attached hydrogen (secondary N) is 2. The Kier molecular flexibility index (Phi) is 2.06. The van der Waals surface area contributed by atoms with Gasteiger partial charge in [-0.25, -0.2) is 4.39 Å². The summed E-state index contributed by atoms with van der Waals surface area (Å²) in [5.74, 6) is 0.695. The van der Waals surface area contributed by atoms with Gasteiger partial charge in [-0.1, -0.05) is 0 Å². The summed E-state index contributed by atoms with van der Waals surface area (Å²) in [5, 5.41) is 4.20. The zero-order valence-electron chi connectivity index (χ0n) is 11.7. The second-order valence-corrected chi connectivity index (χ2v) is 6.89. The lowest BCUT2D eigenvalue weighted by atomic mass is 9.91. The molecule has 0 radical (unpaired) electrons. The van der Waals surface area contributed by atoms with Crippen molar-refractivity contribution in [2.75, 3.05) is 0 Å². The number of aromatic amines is 1. The Hall–Kier alpha value is -1.84. The van der Waals surface area contributed by atoms with E-state index in [1.54, 1.807) is 12.1 Å². The van der Waals surface area contributed by atoms with E-state index in [0.29, 0.717) is 5.92 Å². The highest BCUT2D eigenvalue weighted by molar-refractivity contribution is 5.91. The summed E-state index contributed by atoms with van der Waals surface area (Å²) in [6.45, 7) is 0. The number of amides is 1. The Morgan fingerprint density at radius 2 is 2.19 bits per heavy atom. The zero-order chi connectivity index (χ0) is 14.2. The monoisotopic (exact) mass is 284 g/mol. The number of aryl methyl sites for hydroxylation is 1. The van der Waals surface area contributed by atoms with Gasteiger partial charge >= 0.3 is 0 Å². The molecule has 1 aromatic heterocycles. The third kappa shape index (κ3) is 1.56. The van der Waals surface area contributed by atoms with Gasteiger partial charge in [0.05, 0.1) is 11.5 Å². The van der Waals surface area contributed by atoms with Crippen molar-refractivity contribution in [2.45, 2.75) is 38.1 Å². The quantitative estimate of drug-likeness (QED) is 0.874. The molecule has 0 aliphatic heterocycles. The van der Waals surface area contributed by atoms with Crippen LogP contribution in [0.2, 0.25) is 0 Å². The van der Waals surface area contributed by atoms with E-state index in [4.69, 9.17) is 0 Å². The van der Waals surface area contributed by atoms with Crippen molar-refractivity contribution in [1.29, 1.82) is 0 Å². The minimum absolute atomic E-state index is 0.00966. The Labute approximate surface area is 121 Å². The molecular formula is C17H17FN2O. The first kappa shape index (κ1) is 11.8. The SMILES string of the molecule is O=C(NC1CCCc2c1[nH]c1ccc(F)cc21)C12CC1C2. The molecule has 4 heteroatoms. The lowest BCUT2D eigenvalue weighted by molar-refractivity contribution is -0.125. The number of fused-ring (bicyclic) bond motifs is 4. The van der Waals surface area contributed by atoms with Crippen LogP contribution in [-0.4, -0.2) is 10.9 Å².